The lowest BCUT2D eigenvalue weighted by molar-refractivity contribution is -0.133. The maximum atomic E-state index is 11.6. The minimum atomic E-state index is -0.935. The summed E-state index contributed by atoms with van der Waals surface area (Å²) >= 11 is 0. The van der Waals surface area contributed by atoms with E-state index < -0.39 is 17.9 Å². The Balaban J connectivity index is 0.000000801. The lowest BCUT2D eigenvalue weighted by Gasteiger charge is -2.26. The first-order valence-electron chi connectivity index (χ1n) is 10.1. The molecule has 2 aromatic rings. The number of carbonyl (C=O) groups excluding carboxylic acids is 2. The van der Waals surface area contributed by atoms with Crippen molar-refractivity contribution in [2.75, 3.05) is 0 Å². The molecule has 0 spiro atoms. The number of rotatable bonds is 7. The summed E-state index contributed by atoms with van der Waals surface area (Å²) < 4.78 is 10.5. The number of carboxylic acid groups (broad SMARTS) is 1. The molecule has 0 saturated heterocycles. The Morgan fingerprint density at radius 3 is 1.15 bits per heavy atom. The van der Waals surface area contributed by atoms with Crippen LogP contribution in [0.25, 0.3) is 0 Å². The van der Waals surface area contributed by atoms with Crippen molar-refractivity contribution < 1.29 is 29.0 Å². The molecule has 0 aliphatic carbocycles. The molecule has 174 valence electrons. The van der Waals surface area contributed by atoms with Crippen LogP contribution in [0.2, 0.25) is 0 Å². The van der Waals surface area contributed by atoms with Crippen LogP contribution in [0.4, 0.5) is 0 Å². The highest BCUT2D eigenvalue weighted by molar-refractivity contribution is 5.89. The molecule has 0 fully saturated rings. The smallest absolute Gasteiger partial charge is 0.338 e. The number of hydrogen-bond donors (Lipinski definition) is 1. The van der Waals surface area contributed by atoms with Crippen LogP contribution in [-0.2, 0) is 19.8 Å². The predicted octanol–water partition coefficient (Wildman–Crippen LogP) is 5.62. The summed E-state index contributed by atoms with van der Waals surface area (Å²) in [4.78, 5) is 32.8. The number of carboxylic acids is 1. The third kappa shape index (κ3) is 8.26. The van der Waals surface area contributed by atoms with Gasteiger partial charge in [-0.15, -0.1) is 0 Å². The zero-order valence-electron chi connectivity index (χ0n) is 19.7. The lowest BCUT2D eigenvalue weighted by Crippen LogP contribution is -2.19. The maximum Gasteiger partial charge on any atom is 0.338 e. The van der Waals surface area contributed by atoms with Gasteiger partial charge in [0.05, 0.1) is 0 Å². The molecule has 2 aromatic carbocycles. The van der Waals surface area contributed by atoms with Gasteiger partial charge in [-0.3, -0.25) is 0 Å². The van der Waals surface area contributed by atoms with E-state index in [0.29, 0.717) is 22.6 Å². The van der Waals surface area contributed by atoms with Crippen LogP contribution < -0.4 is 9.47 Å². The van der Waals surface area contributed by atoms with Gasteiger partial charge in [0, 0.05) is 22.1 Å². The molecule has 6 heteroatoms. The fourth-order valence-electron chi connectivity index (χ4n) is 2.43. The average molecular weight is 451 g/mol. The van der Waals surface area contributed by atoms with Crippen molar-refractivity contribution in [2.24, 2.45) is 0 Å². The Bertz CT molecular complexity index is 971. The Morgan fingerprint density at radius 1 is 0.667 bits per heavy atom. The predicted molar refractivity (Wildman–Crippen MR) is 128 cm³/mol. The Morgan fingerprint density at radius 2 is 0.939 bits per heavy atom. The van der Waals surface area contributed by atoms with E-state index in [9.17, 15) is 14.4 Å². The van der Waals surface area contributed by atoms with Gasteiger partial charge in [-0.25, -0.2) is 14.4 Å². The van der Waals surface area contributed by atoms with Crippen LogP contribution >= 0.6 is 0 Å². The third-order valence-corrected chi connectivity index (χ3v) is 4.64. The molecule has 0 radical (unpaired) electrons. The first kappa shape index (κ1) is 27.1. The van der Waals surface area contributed by atoms with Crippen molar-refractivity contribution in [3.05, 3.63) is 96.1 Å². The highest BCUT2D eigenvalue weighted by Gasteiger charge is 2.23. The second-order valence-corrected chi connectivity index (χ2v) is 8.10. The van der Waals surface area contributed by atoms with Crippen molar-refractivity contribution in [1.29, 1.82) is 0 Å². The van der Waals surface area contributed by atoms with Crippen molar-refractivity contribution in [3.63, 3.8) is 0 Å². The van der Waals surface area contributed by atoms with E-state index in [1.54, 1.807) is 38.1 Å². The molecule has 0 bridgehead atoms. The summed E-state index contributed by atoms with van der Waals surface area (Å²) in [5.74, 6) is -0.868. The monoisotopic (exact) mass is 450 g/mol. The van der Waals surface area contributed by atoms with Gasteiger partial charge >= 0.3 is 17.9 Å². The third-order valence-electron chi connectivity index (χ3n) is 4.64. The molecule has 2 rings (SSSR count). The van der Waals surface area contributed by atoms with Crippen LogP contribution in [0.3, 0.4) is 0 Å². The molecule has 0 amide bonds. The van der Waals surface area contributed by atoms with E-state index in [4.69, 9.17) is 14.6 Å². The molecule has 1 N–H and O–H groups in total. The summed E-state index contributed by atoms with van der Waals surface area (Å²) in [6.45, 7) is 19.1. The summed E-state index contributed by atoms with van der Waals surface area (Å²) in [5, 5.41) is 7.89. The van der Waals surface area contributed by atoms with Gasteiger partial charge in [-0.05, 0) is 56.2 Å². The van der Waals surface area contributed by atoms with Crippen molar-refractivity contribution >= 4 is 17.9 Å². The number of benzene rings is 2. The molecule has 0 aliphatic heterocycles. The van der Waals surface area contributed by atoms with Crippen LogP contribution in [0.15, 0.2) is 85.0 Å². The molecule has 0 unspecified atom stereocenters. The molecule has 0 aromatic heterocycles. The Labute approximate surface area is 194 Å². The molecule has 0 saturated carbocycles. The maximum absolute atomic E-state index is 11.6. The van der Waals surface area contributed by atoms with Gasteiger partial charge in [-0.2, -0.15) is 0 Å². The van der Waals surface area contributed by atoms with Crippen molar-refractivity contribution in [1.82, 2.24) is 0 Å². The second kappa shape index (κ2) is 11.6. The number of esters is 2. The molecule has 0 aliphatic rings. The molecular weight excluding hydrogens is 420 g/mol. The summed E-state index contributed by atoms with van der Waals surface area (Å²) in [6, 6.07) is 14.8. The standard InChI is InChI=1S/C23H24O4.C4H6O2/c1-15(2)21(24)26-19-11-7-17(8-12-19)23(5,6)18-9-13-20(14-10-18)27-22(25)16(3)4;1-3(2)4(5)6/h7-14H,1,3H2,2,4-6H3;1H2,2H3,(H,5,6). The highest BCUT2D eigenvalue weighted by Crippen LogP contribution is 2.33. The SMILES string of the molecule is C=C(C)C(=O)O.C=C(C)C(=O)Oc1ccc(C(C)(C)c2ccc(OC(=O)C(=C)C)cc2)cc1. The van der Waals surface area contributed by atoms with Crippen LogP contribution in [-0.4, -0.2) is 23.0 Å². The van der Waals surface area contributed by atoms with Crippen LogP contribution in [0, 0.1) is 0 Å². The molecule has 33 heavy (non-hydrogen) atoms. The first-order chi connectivity index (χ1) is 15.2. The number of hydrogen-bond acceptors (Lipinski definition) is 5. The van der Waals surface area contributed by atoms with E-state index in [1.807, 2.05) is 24.3 Å². The zero-order chi connectivity index (χ0) is 25.3. The van der Waals surface area contributed by atoms with Gasteiger partial charge in [0.15, 0.2) is 0 Å². The van der Waals surface area contributed by atoms with Gasteiger partial charge in [0.25, 0.3) is 0 Å². The number of ether oxygens (including phenoxy) is 2. The largest absolute Gasteiger partial charge is 0.478 e. The number of carbonyl (C=O) groups is 3. The van der Waals surface area contributed by atoms with Gasteiger partial charge in [0.2, 0.25) is 0 Å². The Hall–Kier alpha value is -3.93. The topological polar surface area (TPSA) is 89.9 Å². The van der Waals surface area contributed by atoms with E-state index in [1.165, 1.54) is 6.92 Å². The molecule has 0 atom stereocenters. The average Bonchev–Trinajstić information content (AvgIpc) is 2.74. The van der Waals surface area contributed by atoms with Crippen molar-refractivity contribution in [3.8, 4) is 11.5 Å². The molecule has 0 heterocycles. The van der Waals surface area contributed by atoms with Gasteiger partial charge in [0.1, 0.15) is 11.5 Å². The highest BCUT2D eigenvalue weighted by atomic mass is 16.5. The summed E-state index contributed by atoms with van der Waals surface area (Å²) in [5.41, 5.74) is 2.72. The van der Waals surface area contributed by atoms with E-state index in [0.717, 1.165) is 11.1 Å². The van der Waals surface area contributed by atoms with E-state index in [2.05, 4.69) is 33.6 Å². The first-order valence-corrected chi connectivity index (χ1v) is 10.1. The fourth-order valence-corrected chi connectivity index (χ4v) is 2.43. The van der Waals surface area contributed by atoms with Gasteiger partial charge < -0.3 is 14.6 Å². The lowest BCUT2D eigenvalue weighted by atomic mass is 9.78. The number of aliphatic carboxylic acids is 1. The zero-order valence-corrected chi connectivity index (χ0v) is 19.7. The molecule has 6 nitrogen and oxygen atoms in total. The van der Waals surface area contributed by atoms with E-state index in [-0.39, 0.29) is 11.0 Å². The second-order valence-electron chi connectivity index (χ2n) is 8.10. The Kier molecular flexibility index (Phi) is 9.55. The summed E-state index contributed by atoms with van der Waals surface area (Å²) in [6.07, 6.45) is 0. The normalized spacial score (nSPS) is 10.2. The van der Waals surface area contributed by atoms with Crippen LogP contribution in [0.1, 0.15) is 45.7 Å². The summed E-state index contributed by atoms with van der Waals surface area (Å²) in [7, 11) is 0. The minimum absolute atomic E-state index is 0.176. The van der Waals surface area contributed by atoms with Gasteiger partial charge in [-0.1, -0.05) is 57.8 Å². The minimum Gasteiger partial charge on any atom is -0.478 e. The fraction of sp³-hybridized carbons (Fsp3) is 0.222. The van der Waals surface area contributed by atoms with E-state index >= 15 is 0 Å². The molecular formula is C27H30O6. The van der Waals surface area contributed by atoms with Crippen LogP contribution in [0.5, 0.6) is 11.5 Å². The quantitative estimate of drug-likeness (QED) is 0.334. The van der Waals surface area contributed by atoms with Crippen molar-refractivity contribution in [2.45, 2.75) is 40.0 Å².